The Bertz CT molecular complexity index is 1220. The third-order valence-electron chi connectivity index (χ3n) is 5.72. The van der Waals surface area contributed by atoms with E-state index in [-0.39, 0.29) is 24.3 Å². The molecule has 1 atom stereocenters. The number of fused-ring (bicyclic) bond motifs is 1. The van der Waals surface area contributed by atoms with Gasteiger partial charge in [0.15, 0.2) is 11.5 Å². The highest BCUT2D eigenvalue weighted by Crippen LogP contribution is 2.44. The second-order valence-corrected chi connectivity index (χ2v) is 8.93. The molecule has 2 aliphatic rings. The Morgan fingerprint density at radius 3 is 2.75 bits per heavy atom. The van der Waals surface area contributed by atoms with Crippen LogP contribution in [0.1, 0.15) is 28.1 Å². The molecule has 2 aliphatic heterocycles. The van der Waals surface area contributed by atoms with Gasteiger partial charge in [-0.25, -0.2) is 4.39 Å². The summed E-state index contributed by atoms with van der Waals surface area (Å²) in [7, 11) is 0. The topological polar surface area (TPSA) is 88.6 Å². The number of thiophene rings is 1. The van der Waals surface area contributed by atoms with Crippen molar-refractivity contribution < 1.29 is 18.7 Å². The monoisotopic (exact) mass is 449 g/mol. The van der Waals surface area contributed by atoms with Crippen LogP contribution in [0.4, 0.5) is 4.39 Å². The average Bonchev–Trinajstić information content (AvgIpc) is 3.45. The molecule has 3 heterocycles. The highest BCUT2D eigenvalue weighted by molar-refractivity contribution is 7.18. The third-order valence-corrected chi connectivity index (χ3v) is 6.90. The van der Waals surface area contributed by atoms with Crippen LogP contribution in [0.25, 0.3) is 21.6 Å². The van der Waals surface area contributed by atoms with Gasteiger partial charge in [0, 0.05) is 29.6 Å². The number of carbonyl (C=O) groups is 1. The van der Waals surface area contributed by atoms with E-state index in [0.29, 0.717) is 35.0 Å². The Kier molecular flexibility index (Phi) is 5.29. The molecule has 162 valence electrons. The zero-order valence-electron chi connectivity index (χ0n) is 17.1. The molecule has 2 N–H and O–H groups in total. The number of amides is 1. The first-order valence-corrected chi connectivity index (χ1v) is 11.1. The number of rotatable bonds is 3. The summed E-state index contributed by atoms with van der Waals surface area (Å²) in [6.07, 6.45) is 1.79. The van der Waals surface area contributed by atoms with Gasteiger partial charge in [0.1, 0.15) is 11.9 Å². The molecule has 0 saturated carbocycles. The predicted octanol–water partition coefficient (Wildman–Crippen LogP) is 4.38. The maximum absolute atomic E-state index is 14.4. The Morgan fingerprint density at radius 1 is 1.16 bits per heavy atom. The van der Waals surface area contributed by atoms with Crippen molar-refractivity contribution in [2.75, 3.05) is 19.9 Å². The average molecular weight is 450 g/mol. The van der Waals surface area contributed by atoms with Gasteiger partial charge < -0.3 is 20.1 Å². The molecular weight excluding hydrogens is 429 g/mol. The van der Waals surface area contributed by atoms with Crippen LogP contribution in [-0.4, -0.2) is 36.7 Å². The number of nitrogens with zero attached hydrogens (tertiary/aromatic N) is 2. The minimum absolute atomic E-state index is 0.0203. The summed E-state index contributed by atoms with van der Waals surface area (Å²) in [6, 6.07) is 13.7. The lowest BCUT2D eigenvalue weighted by atomic mass is 10.0. The van der Waals surface area contributed by atoms with Gasteiger partial charge in [0.2, 0.25) is 6.79 Å². The minimum atomic E-state index is -0.595. The fraction of sp³-hybridized carbons (Fsp3) is 0.250. The Balaban J connectivity index is 1.60. The molecular formula is C24H20FN3O3S. The fourth-order valence-electron chi connectivity index (χ4n) is 4.09. The van der Waals surface area contributed by atoms with E-state index < -0.39 is 5.82 Å². The van der Waals surface area contributed by atoms with Crippen molar-refractivity contribution in [3.05, 3.63) is 58.7 Å². The van der Waals surface area contributed by atoms with Crippen LogP contribution in [0.2, 0.25) is 0 Å². The van der Waals surface area contributed by atoms with Gasteiger partial charge in [-0.2, -0.15) is 5.26 Å². The molecule has 0 aliphatic carbocycles. The lowest BCUT2D eigenvalue weighted by Crippen LogP contribution is -2.45. The third kappa shape index (κ3) is 3.70. The van der Waals surface area contributed by atoms with E-state index in [1.165, 1.54) is 23.5 Å². The molecule has 8 heteroatoms. The molecule has 1 unspecified atom stereocenters. The summed E-state index contributed by atoms with van der Waals surface area (Å²) in [5, 5.41) is 9.07. The summed E-state index contributed by atoms with van der Waals surface area (Å²) in [6.45, 7) is 1.36. The van der Waals surface area contributed by atoms with Crippen molar-refractivity contribution in [3.63, 3.8) is 0 Å². The van der Waals surface area contributed by atoms with Crippen LogP contribution in [0.15, 0.2) is 42.5 Å². The van der Waals surface area contributed by atoms with Crippen molar-refractivity contribution in [3.8, 4) is 39.1 Å². The number of carbonyl (C=O) groups excluding carboxylic acids is 1. The Labute approximate surface area is 188 Å². The van der Waals surface area contributed by atoms with Crippen LogP contribution >= 0.6 is 11.3 Å². The Hall–Kier alpha value is -3.41. The molecule has 2 aromatic carbocycles. The highest BCUT2D eigenvalue weighted by Gasteiger charge is 2.26. The second-order valence-electron chi connectivity index (χ2n) is 7.88. The van der Waals surface area contributed by atoms with Crippen molar-refractivity contribution in [1.82, 2.24) is 4.90 Å². The molecule has 5 rings (SSSR count). The van der Waals surface area contributed by atoms with Gasteiger partial charge in [0.05, 0.1) is 10.4 Å². The molecule has 6 nitrogen and oxygen atoms in total. The number of hydrogen-bond donors (Lipinski definition) is 1. The van der Waals surface area contributed by atoms with Gasteiger partial charge in [-0.15, -0.1) is 11.3 Å². The summed E-state index contributed by atoms with van der Waals surface area (Å²) >= 11 is 1.36. The van der Waals surface area contributed by atoms with Gasteiger partial charge >= 0.3 is 0 Å². The minimum Gasteiger partial charge on any atom is -0.454 e. The molecule has 32 heavy (non-hydrogen) atoms. The lowest BCUT2D eigenvalue weighted by molar-refractivity contribution is 0.0714. The standard InChI is InChI=1S/C24H20FN3O3S/c25-19-8-14(3-4-16(19)11-26)18-10-22(24(29)28-7-1-2-17(27)12-28)32-23(18)15-5-6-20-21(9-15)31-13-30-20/h3-6,8-10,17H,1-2,7,12-13,27H2. The van der Waals surface area contributed by atoms with E-state index >= 15 is 0 Å². The highest BCUT2D eigenvalue weighted by atomic mass is 32.1. The zero-order valence-corrected chi connectivity index (χ0v) is 18.0. The predicted molar refractivity (Wildman–Crippen MR) is 119 cm³/mol. The van der Waals surface area contributed by atoms with E-state index in [0.717, 1.165) is 28.8 Å². The van der Waals surface area contributed by atoms with E-state index in [9.17, 15) is 9.18 Å². The van der Waals surface area contributed by atoms with Crippen molar-refractivity contribution in [2.24, 2.45) is 5.73 Å². The zero-order chi connectivity index (χ0) is 22.2. The van der Waals surface area contributed by atoms with Crippen molar-refractivity contribution in [1.29, 1.82) is 5.26 Å². The summed E-state index contributed by atoms with van der Waals surface area (Å²) in [5.74, 6) is 0.618. The maximum Gasteiger partial charge on any atom is 0.264 e. The largest absolute Gasteiger partial charge is 0.454 e. The maximum atomic E-state index is 14.4. The van der Waals surface area contributed by atoms with Gasteiger partial charge in [-0.3, -0.25) is 4.79 Å². The SMILES string of the molecule is N#Cc1ccc(-c2cc(C(=O)N3CCCC(N)C3)sc2-c2ccc3c(c2)OCO3)cc1F. The second kappa shape index (κ2) is 8.26. The molecule has 1 aromatic heterocycles. The number of ether oxygens (including phenoxy) is 2. The summed E-state index contributed by atoms with van der Waals surface area (Å²) in [5.41, 5.74) is 8.21. The summed E-state index contributed by atoms with van der Waals surface area (Å²) < 4.78 is 25.3. The fourth-order valence-corrected chi connectivity index (χ4v) is 5.23. The first-order chi connectivity index (χ1) is 15.5. The van der Waals surface area contributed by atoms with Gasteiger partial charge in [-0.1, -0.05) is 6.07 Å². The van der Waals surface area contributed by atoms with Crippen LogP contribution in [0.5, 0.6) is 11.5 Å². The molecule has 0 spiro atoms. The van der Waals surface area contributed by atoms with Crippen LogP contribution in [0.3, 0.4) is 0 Å². The molecule has 3 aromatic rings. The molecule has 0 bridgehead atoms. The van der Waals surface area contributed by atoms with E-state index in [1.807, 2.05) is 24.3 Å². The molecule has 1 amide bonds. The van der Waals surface area contributed by atoms with Crippen LogP contribution < -0.4 is 15.2 Å². The summed E-state index contributed by atoms with van der Waals surface area (Å²) in [4.78, 5) is 16.4. The van der Waals surface area contributed by atoms with Crippen molar-refractivity contribution in [2.45, 2.75) is 18.9 Å². The lowest BCUT2D eigenvalue weighted by Gasteiger charge is -2.30. The Morgan fingerprint density at radius 2 is 1.97 bits per heavy atom. The number of likely N-dealkylation sites (tertiary alicyclic amines) is 1. The van der Waals surface area contributed by atoms with E-state index in [1.54, 1.807) is 17.0 Å². The first-order valence-electron chi connectivity index (χ1n) is 10.3. The number of halogens is 1. The first kappa shape index (κ1) is 20.5. The van der Waals surface area contributed by atoms with Crippen molar-refractivity contribution >= 4 is 17.2 Å². The number of nitriles is 1. The van der Waals surface area contributed by atoms with Crippen LogP contribution in [-0.2, 0) is 0 Å². The molecule has 1 fully saturated rings. The van der Waals surface area contributed by atoms with Gasteiger partial charge in [0.25, 0.3) is 5.91 Å². The molecule has 1 saturated heterocycles. The van der Waals surface area contributed by atoms with Gasteiger partial charge in [-0.05, 0) is 60.4 Å². The van der Waals surface area contributed by atoms with E-state index in [4.69, 9.17) is 20.5 Å². The number of benzene rings is 2. The quantitative estimate of drug-likeness (QED) is 0.641. The number of nitrogens with two attached hydrogens (primary N) is 1. The molecule has 0 radical (unpaired) electrons. The van der Waals surface area contributed by atoms with Crippen LogP contribution in [0, 0.1) is 17.1 Å². The van der Waals surface area contributed by atoms with E-state index in [2.05, 4.69) is 0 Å². The smallest absolute Gasteiger partial charge is 0.264 e. The normalized spacial score (nSPS) is 17.3. The number of piperidine rings is 1. The number of hydrogen-bond acceptors (Lipinski definition) is 6.